The van der Waals surface area contributed by atoms with Crippen LogP contribution in [0.2, 0.25) is 0 Å². The van der Waals surface area contributed by atoms with Gasteiger partial charge in [0.15, 0.2) is 11.5 Å². The monoisotopic (exact) mass is 637 g/mol. The first-order chi connectivity index (χ1) is 20.6. The molecule has 0 spiro atoms. The van der Waals surface area contributed by atoms with E-state index in [2.05, 4.69) is 25.1 Å². The number of hydrogen-bond acceptors (Lipinski definition) is 8. The Bertz CT molecular complexity index is 1770. The van der Waals surface area contributed by atoms with Crippen LogP contribution in [0.25, 0.3) is 22.0 Å². The summed E-state index contributed by atoms with van der Waals surface area (Å²) in [6.07, 6.45) is -7.41. The van der Waals surface area contributed by atoms with E-state index in [0.717, 1.165) is 10.6 Å². The molecule has 0 bridgehead atoms. The van der Waals surface area contributed by atoms with E-state index in [1.54, 1.807) is 5.10 Å². The molecule has 4 N–H and O–H groups in total. The number of alkyl halides is 8. The fourth-order valence-electron chi connectivity index (χ4n) is 4.33. The number of pyridine rings is 1. The lowest BCUT2D eigenvalue weighted by molar-refractivity contribution is -0.140. The summed E-state index contributed by atoms with van der Waals surface area (Å²) < 4.78 is 125. The zero-order chi connectivity index (χ0) is 32.4. The van der Waals surface area contributed by atoms with Gasteiger partial charge in [-0.05, 0) is 36.4 Å². The number of hydrogen-bond donors (Lipinski definition) is 3. The number of nitrogen functional groups attached to an aromatic ring is 1. The number of aromatic nitrogens is 5. The van der Waals surface area contributed by atoms with Gasteiger partial charge in [0.25, 0.3) is 11.1 Å². The summed E-state index contributed by atoms with van der Waals surface area (Å²) in [6.45, 7) is -4.10. The van der Waals surface area contributed by atoms with Gasteiger partial charge in [0.2, 0.25) is 0 Å². The molecule has 236 valence electrons. The third-order valence-corrected chi connectivity index (χ3v) is 6.28. The third-order valence-electron chi connectivity index (χ3n) is 6.28. The van der Waals surface area contributed by atoms with Crippen molar-refractivity contribution < 1.29 is 44.3 Å². The number of anilines is 2. The number of H-pyrrole nitrogens is 1. The predicted molar refractivity (Wildman–Crippen MR) is 137 cm³/mol. The molecule has 0 aliphatic rings. The van der Waals surface area contributed by atoms with E-state index >= 15 is 0 Å². The van der Waals surface area contributed by atoms with Crippen molar-refractivity contribution >= 4 is 22.3 Å². The lowest BCUT2D eigenvalue weighted by Crippen LogP contribution is -2.32. The molecule has 0 amide bonds. The minimum Gasteiger partial charge on any atom is -0.382 e. The van der Waals surface area contributed by atoms with Crippen molar-refractivity contribution in [3.63, 3.8) is 0 Å². The van der Waals surface area contributed by atoms with E-state index in [-0.39, 0.29) is 41.4 Å². The van der Waals surface area contributed by atoms with Crippen LogP contribution < -0.4 is 22.2 Å². The molecule has 0 fully saturated rings. The number of nitrogens with one attached hydrogen (secondary N) is 2. The van der Waals surface area contributed by atoms with E-state index in [1.807, 2.05) is 0 Å². The Morgan fingerprint density at radius 1 is 1.07 bits per heavy atom. The maximum atomic E-state index is 15.0. The van der Waals surface area contributed by atoms with Crippen LogP contribution in [0.15, 0.2) is 46.4 Å². The van der Waals surface area contributed by atoms with Gasteiger partial charge in [0, 0.05) is 24.3 Å². The second-order valence-corrected chi connectivity index (χ2v) is 9.28. The molecule has 19 heteroatoms. The van der Waals surface area contributed by atoms with Gasteiger partial charge in [-0.3, -0.25) is 9.59 Å². The number of nitrogens with two attached hydrogens (primary N) is 1. The van der Waals surface area contributed by atoms with Crippen molar-refractivity contribution in [2.45, 2.75) is 44.4 Å². The number of nitrogens with zero attached hydrogens (tertiary/aromatic N) is 4. The molecule has 3 aromatic heterocycles. The van der Waals surface area contributed by atoms with Gasteiger partial charge in [-0.25, -0.2) is 19.5 Å². The van der Waals surface area contributed by atoms with E-state index in [9.17, 15) is 49.1 Å². The number of aromatic amines is 1. The molecule has 1 aromatic carbocycles. The Morgan fingerprint density at radius 2 is 1.80 bits per heavy atom. The Kier molecular flexibility index (Phi) is 9.17. The third kappa shape index (κ3) is 7.26. The molecular formula is C25H20F9N7O3. The van der Waals surface area contributed by atoms with Crippen LogP contribution in [0, 0.1) is 5.82 Å². The van der Waals surface area contributed by atoms with E-state index < -0.39 is 71.3 Å². The molecule has 3 heterocycles. The molecule has 0 saturated heterocycles. The molecule has 0 aliphatic heterocycles. The highest BCUT2D eigenvalue weighted by molar-refractivity contribution is 5.86. The Morgan fingerprint density at radius 3 is 2.43 bits per heavy atom. The first-order valence-electron chi connectivity index (χ1n) is 12.4. The summed E-state index contributed by atoms with van der Waals surface area (Å²) in [5.74, 6) is -1.98. The van der Waals surface area contributed by atoms with Gasteiger partial charge in [0.1, 0.15) is 11.4 Å². The molecule has 0 aliphatic carbocycles. The van der Waals surface area contributed by atoms with Gasteiger partial charge in [-0.15, -0.1) is 0 Å². The zero-order valence-corrected chi connectivity index (χ0v) is 21.9. The number of fused-ring (bicyclic) bond motifs is 1. The van der Waals surface area contributed by atoms with Gasteiger partial charge < -0.3 is 20.4 Å². The van der Waals surface area contributed by atoms with Crippen LogP contribution in [0.4, 0.5) is 51.0 Å². The van der Waals surface area contributed by atoms with Crippen molar-refractivity contribution in [3.8, 4) is 11.3 Å². The number of benzene rings is 1. The fraction of sp³-hybridized carbons (Fsp3) is 0.320. The molecule has 1 atom stereocenters. The van der Waals surface area contributed by atoms with Crippen molar-refractivity contribution in [1.82, 2.24) is 24.7 Å². The lowest BCUT2D eigenvalue weighted by Gasteiger charge is -2.22. The van der Waals surface area contributed by atoms with Crippen molar-refractivity contribution in [2.24, 2.45) is 0 Å². The SMILES string of the molecule is Nc1nc(-c2cc3ccn(CCCC(COC(F)F)Nc4cn[nH]c(=O)c4C(F)(F)F)c(=O)c3cc2F)cnc1C(F)(F)F. The van der Waals surface area contributed by atoms with Crippen LogP contribution in [-0.2, 0) is 23.6 Å². The lowest BCUT2D eigenvalue weighted by atomic mass is 10.1. The number of aryl methyl sites for hydroxylation is 1. The van der Waals surface area contributed by atoms with E-state index in [0.29, 0.717) is 12.4 Å². The topological polar surface area (TPSA) is 141 Å². The molecule has 10 nitrogen and oxygen atoms in total. The van der Waals surface area contributed by atoms with Crippen LogP contribution >= 0.6 is 0 Å². The maximum Gasteiger partial charge on any atom is 0.437 e. The van der Waals surface area contributed by atoms with Crippen molar-refractivity contribution in [3.05, 3.63) is 74.6 Å². The Hall–Kier alpha value is -4.68. The smallest absolute Gasteiger partial charge is 0.382 e. The minimum atomic E-state index is -5.09. The average molecular weight is 637 g/mol. The molecule has 4 rings (SSSR count). The van der Waals surface area contributed by atoms with Gasteiger partial charge in [-0.1, -0.05) is 0 Å². The predicted octanol–water partition coefficient (Wildman–Crippen LogP) is 4.80. The number of halogens is 9. The van der Waals surface area contributed by atoms with Crippen molar-refractivity contribution in [2.75, 3.05) is 17.7 Å². The minimum absolute atomic E-state index is 0.0225. The molecular weight excluding hydrogens is 617 g/mol. The highest BCUT2D eigenvalue weighted by atomic mass is 19.4. The quantitative estimate of drug-likeness (QED) is 0.211. The Balaban J connectivity index is 1.54. The van der Waals surface area contributed by atoms with Crippen LogP contribution in [-0.4, -0.2) is 44.0 Å². The van der Waals surface area contributed by atoms with E-state index in [4.69, 9.17) is 5.73 Å². The first kappa shape index (κ1) is 32.2. The fourth-order valence-corrected chi connectivity index (χ4v) is 4.33. The summed E-state index contributed by atoms with van der Waals surface area (Å²) in [7, 11) is 0. The van der Waals surface area contributed by atoms with Crippen molar-refractivity contribution in [1.29, 1.82) is 0 Å². The van der Waals surface area contributed by atoms with Crippen LogP contribution in [0.1, 0.15) is 24.1 Å². The number of rotatable bonds is 10. The zero-order valence-electron chi connectivity index (χ0n) is 21.9. The maximum absolute atomic E-state index is 15.0. The summed E-state index contributed by atoms with van der Waals surface area (Å²) in [5.41, 5.74) is -1.33. The number of ether oxygens (including phenoxy) is 1. The Labute approximate surface area is 239 Å². The van der Waals surface area contributed by atoms with Crippen LogP contribution in [0.5, 0.6) is 0 Å². The van der Waals surface area contributed by atoms with Gasteiger partial charge in [-0.2, -0.15) is 40.2 Å². The largest absolute Gasteiger partial charge is 0.437 e. The van der Waals surface area contributed by atoms with Gasteiger partial charge >= 0.3 is 19.0 Å². The highest BCUT2D eigenvalue weighted by Crippen LogP contribution is 2.34. The van der Waals surface area contributed by atoms with Crippen LogP contribution in [0.3, 0.4) is 0 Å². The highest BCUT2D eigenvalue weighted by Gasteiger charge is 2.38. The standard InChI is InChI=1S/C25H20F9N7O3/c26-15-7-13-11(6-14(15)16-8-36-19(20(35)39-16)25(32,33)34)3-5-41(22(13)43)4-1-2-12(10-44-23(27)28)38-17-9-37-40-21(42)18(17)24(29,30)31/h3,5-9,12,23H,1-2,4,10H2,(H2,35,39)(H2,38,40,42). The second kappa shape index (κ2) is 12.5. The molecule has 1 unspecified atom stereocenters. The molecule has 44 heavy (non-hydrogen) atoms. The molecule has 0 saturated carbocycles. The van der Waals surface area contributed by atoms with E-state index in [1.165, 1.54) is 18.3 Å². The summed E-state index contributed by atoms with van der Waals surface area (Å²) in [5, 5.41) is 7.36. The van der Waals surface area contributed by atoms with Gasteiger partial charge in [0.05, 0.1) is 35.8 Å². The summed E-state index contributed by atoms with van der Waals surface area (Å²) in [6, 6.07) is 2.23. The first-order valence-corrected chi connectivity index (χ1v) is 12.4. The molecule has 0 radical (unpaired) electrons. The summed E-state index contributed by atoms with van der Waals surface area (Å²) in [4.78, 5) is 31.5. The second-order valence-electron chi connectivity index (χ2n) is 9.28. The normalized spacial score (nSPS) is 13.0. The summed E-state index contributed by atoms with van der Waals surface area (Å²) >= 11 is 0. The molecule has 4 aromatic rings. The average Bonchev–Trinajstić information content (AvgIpc) is 2.91.